The molecule has 35 heavy (non-hydrogen) atoms. The third-order valence-corrected chi connectivity index (χ3v) is 6.16. The average molecular weight is 500 g/mol. The van der Waals surface area contributed by atoms with E-state index in [4.69, 9.17) is 21.4 Å². The zero-order chi connectivity index (χ0) is 25.1. The highest BCUT2D eigenvalue weighted by Crippen LogP contribution is 2.59. The molecule has 1 N–H and O–H groups in total. The van der Waals surface area contributed by atoms with Gasteiger partial charge in [0.15, 0.2) is 0 Å². The molecule has 2 heterocycles. The molecule has 0 spiro atoms. The van der Waals surface area contributed by atoms with Crippen LogP contribution in [0.3, 0.4) is 0 Å². The smallest absolute Gasteiger partial charge is 0.327 e. The van der Waals surface area contributed by atoms with Crippen molar-refractivity contribution >= 4 is 17.6 Å². The second kappa shape index (κ2) is 13.2. The number of hydrogen-bond acceptors (Lipinski definition) is 4. The molecule has 3 aromatic rings. The molecule has 1 saturated heterocycles. The highest BCUT2D eigenvalue weighted by Gasteiger charge is 2.59. The van der Waals surface area contributed by atoms with E-state index in [9.17, 15) is 9.18 Å². The van der Waals surface area contributed by atoms with Gasteiger partial charge in [0.1, 0.15) is 30.2 Å². The number of unbranched alkanes of at least 4 members (excludes halogenated alkanes) is 5. The summed E-state index contributed by atoms with van der Waals surface area (Å²) in [6, 6.07) is 13.9. The fraction of sp³-hybridized carbons (Fsp3) is 0.370. The molecule has 186 valence electrons. The Bertz CT molecular complexity index is 1090. The predicted molar refractivity (Wildman–Crippen MR) is 134 cm³/mol. The molecular formula is C27H31ClFN3O3. The lowest BCUT2D eigenvalue weighted by molar-refractivity contribution is -0.131. The molecule has 0 aliphatic carbocycles. The van der Waals surface area contributed by atoms with Gasteiger partial charge in [0, 0.05) is 16.7 Å². The van der Waals surface area contributed by atoms with Gasteiger partial charge in [0.25, 0.3) is 0 Å². The third-order valence-electron chi connectivity index (χ3n) is 5.81. The number of rotatable bonds is 11. The lowest BCUT2D eigenvalue weighted by Gasteiger charge is -2.14. The van der Waals surface area contributed by atoms with Crippen LogP contribution in [-0.4, -0.2) is 25.8 Å². The first-order valence-corrected chi connectivity index (χ1v) is 12.2. The van der Waals surface area contributed by atoms with Gasteiger partial charge >= 0.3 is 5.97 Å². The maximum atomic E-state index is 13.3. The van der Waals surface area contributed by atoms with Gasteiger partial charge in [-0.1, -0.05) is 80.6 Å². The summed E-state index contributed by atoms with van der Waals surface area (Å²) in [4.78, 5) is 14.0. The van der Waals surface area contributed by atoms with Crippen molar-refractivity contribution in [2.45, 2.75) is 63.7 Å². The van der Waals surface area contributed by atoms with Crippen LogP contribution in [0.2, 0.25) is 5.02 Å². The summed E-state index contributed by atoms with van der Waals surface area (Å²) in [5, 5.41) is 13.1. The fourth-order valence-electron chi connectivity index (χ4n) is 3.95. The van der Waals surface area contributed by atoms with Gasteiger partial charge in [-0.25, -0.2) is 18.9 Å². The summed E-state index contributed by atoms with van der Waals surface area (Å²) >= 11 is 6.31. The molecule has 2 unspecified atom stereocenters. The first-order valence-electron chi connectivity index (χ1n) is 11.9. The van der Waals surface area contributed by atoms with Crippen molar-refractivity contribution in [3.05, 3.63) is 95.3 Å². The molecule has 1 aliphatic heterocycles. The Kier molecular flexibility index (Phi) is 9.99. The number of aromatic nitrogens is 3. The number of carboxylic acid groups (broad SMARTS) is 1. The van der Waals surface area contributed by atoms with Crippen molar-refractivity contribution < 1.29 is 19.0 Å². The van der Waals surface area contributed by atoms with Gasteiger partial charge in [-0.3, -0.25) is 0 Å². The summed E-state index contributed by atoms with van der Waals surface area (Å²) in [5.74, 6) is -1.12. The van der Waals surface area contributed by atoms with Gasteiger partial charge in [-0.05, 0) is 36.6 Å². The zero-order valence-corrected chi connectivity index (χ0v) is 20.6. The molecule has 1 aromatic heterocycles. The monoisotopic (exact) mass is 499 g/mol. The van der Waals surface area contributed by atoms with Crippen LogP contribution in [0, 0.1) is 5.82 Å². The minimum Gasteiger partial charge on any atom is -0.478 e. The second-order valence-corrected chi connectivity index (χ2v) is 8.86. The van der Waals surface area contributed by atoms with Crippen LogP contribution in [0.5, 0.6) is 0 Å². The molecule has 1 aliphatic rings. The van der Waals surface area contributed by atoms with Gasteiger partial charge in [-0.2, -0.15) is 5.10 Å². The Morgan fingerprint density at radius 1 is 1.17 bits per heavy atom. The Labute approximate surface area is 210 Å². The number of ether oxygens (including phenoxy) is 1. The molecule has 0 bridgehead atoms. The van der Waals surface area contributed by atoms with E-state index in [1.54, 1.807) is 29.2 Å². The Morgan fingerprint density at radius 3 is 2.57 bits per heavy atom. The van der Waals surface area contributed by atoms with E-state index in [1.165, 1.54) is 50.2 Å². The van der Waals surface area contributed by atoms with Gasteiger partial charge in [0.2, 0.25) is 0 Å². The fourth-order valence-corrected chi connectivity index (χ4v) is 4.18. The number of carboxylic acids is 1. The Balaban J connectivity index is 0.000000245. The normalized spacial score (nSPS) is 18.8. The number of aliphatic carboxylic acids is 1. The predicted octanol–water partition coefficient (Wildman–Crippen LogP) is 6.73. The lowest BCUT2D eigenvalue weighted by atomic mass is 9.91. The number of halogens is 2. The standard InChI is InChI=1S/C17H13ClFN3O.C10H18O2/c18-15-4-2-1-3-14(15)16-17(23-16,9-22-11-20-10-21-22)12-5-7-13(19)8-6-12;1-2-3-4-5-6-7-8-9-10(11)12/h1-8,10-11,16H,9H2;8-9H,2-7H2,1H3,(H,11,12)/b;9-8+. The summed E-state index contributed by atoms with van der Waals surface area (Å²) in [6.07, 6.45) is 12.9. The van der Waals surface area contributed by atoms with Gasteiger partial charge < -0.3 is 9.84 Å². The first-order chi connectivity index (χ1) is 17.0. The number of hydrogen-bond donors (Lipinski definition) is 1. The Morgan fingerprint density at radius 2 is 1.91 bits per heavy atom. The van der Waals surface area contributed by atoms with Crippen molar-refractivity contribution in [1.29, 1.82) is 0 Å². The quantitative estimate of drug-likeness (QED) is 0.180. The maximum Gasteiger partial charge on any atom is 0.327 e. The largest absolute Gasteiger partial charge is 0.478 e. The number of nitrogens with zero attached hydrogens (tertiary/aromatic N) is 3. The van der Waals surface area contributed by atoms with Crippen LogP contribution < -0.4 is 0 Å². The summed E-state index contributed by atoms with van der Waals surface area (Å²) in [6.45, 7) is 2.67. The lowest BCUT2D eigenvalue weighted by Crippen LogP contribution is -2.19. The molecule has 1 fully saturated rings. The second-order valence-electron chi connectivity index (χ2n) is 8.45. The van der Waals surface area contributed by atoms with Crippen molar-refractivity contribution in [2.75, 3.05) is 0 Å². The van der Waals surface area contributed by atoms with Crippen LogP contribution in [-0.2, 0) is 21.7 Å². The number of allylic oxidation sites excluding steroid dienone is 1. The zero-order valence-electron chi connectivity index (χ0n) is 19.8. The van der Waals surface area contributed by atoms with Crippen molar-refractivity contribution in [1.82, 2.24) is 14.8 Å². The highest BCUT2D eigenvalue weighted by atomic mass is 35.5. The van der Waals surface area contributed by atoms with E-state index in [0.717, 1.165) is 24.0 Å². The molecule has 2 aromatic carbocycles. The summed E-state index contributed by atoms with van der Waals surface area (Å²) < 4.78 is 21.1. The molecule has 8 heteroatoms. The van der Waals surface area contributed by atoms with Crippen LogP contribution in [0.25, 0.3) is 0 Å². The van der Waals surface area contributed by atoms with E-state index in [1.807, 2.05) is 24.3 Å². The highest BCUT2D eigenvalue weighted by molar-refractivity contribution is 6.31. The van der Waals surface area contributed by atoms with Crippen LogP contribution >= 0.6 is 11.6 Å². The topological polar surface area (TPSA) is 80.5 Å². The number of epoxide rings is 1. The molecule has 0 saturated carbocycles. The Hall–Kier alpha value is -3.03. The van der Waals surface area contributed by atoms with Crippen LogP contribution in [0.1, 0.15) is 62.7 Å². The van der Waals surface area contributed by atoms with Crippen molar-refractivity contribution in [3.8, 4) is 0 Å². The number of carbonyl (C=O) groups is 1. The third kappa shape index (κ3) is 7.73. The first kappa shape index (κ1) is 26.6. The summed E-state index contributed by atoms with van der Waals surface area (Å²) in [7, 11) is 0. The molecule has 4 rings (SSSR count). The van der Waals surface area contributed by atoms with E-state index >= 15 is 0 Å². The molecule has 0 radical (unpaired) electrons. The van der Waals surface area contributed by atoms with Crippen LogP contribution in [0.15, 0.2) is 73.3 Å². The van der Waals surface area contributed by atoms with Crippen molar-refractivity contribution in [2.24, 2.45) is 0 Å². The molecule has 0 amide bonds. The molecular weight excluding hydrogens is 469 g/mol. The van der Waals surface area contributed by atoms with Crippen molar-refractivity contribution in [3.63, 3.8) is 0 Å². The molecule has 6 nitrogen and oxygen atoms in total. The SMILES string of the molecule is CCCCCCC/C=C/C(=O)O.Fc1ccc(C2(Cn3cncn3)OC2c2ccccc2Cl)cc1. The molecule has 2 atom stereocenters. The minimum atomic E-state index is -0.844. The summed E-state index contributed by atoms with van der Waals surface area (Å²) in [5.41, 5.74) is 1.18. The van der Waals surface area contributed by atoms with Gasteiger partial charge in [0.05, 0.1) is 6.54 Å². The van der Waals surface area contributed by atoms with Gasteiger partial charge in [-0.15, -0.1) is 0 Å². The van der Waals surface area contributed by atoms with E-state index in [2.05, 4.69) is 17.0 Å². The number of benzene rings is 2. The minimum absolute atomic E-state index is 0.203. The maximum absolute atomic E-state index is 13.3. The van der Waals surface area contributed by atoms with E-state index < -0.39 is 11.6 Å². The average Bonchev–Trinajstić information content (AvgIpc) is 3.31. The van der Waals surface area contributed by atoms with E-state index in [0.29, 0.717) is 11.6 Å². The van der Waals surface area contributed by atoms with Crippen LogP contribution in [0.4, 0.5) is 4.39 Å². The van der Waals surface area contributed by atoms with E-state index in [-0.39, 0.29) is 11.9 Å².